The van der Waals surface area contributed by atoms with E-state index >= 15 is 0 Å². The minimum atomic E-state index is -1.34. The molecule has 7 nitrogen and oxygen atoms in total. The molecule has 1 unspecified atom stereocenters. The van der Waals surface area contributed by atoms with Gasteiger partial charge in [0, 0.05) is 0 Å². The summed E-state index contributed by atoms with van der Waals surface area (Å²) >= 11 is 18.3. The van der Waals surface area contributed by atoms with Crippen molar-refractivity contribution in [3.63, 3.8) is 0 Å². The standard InChI is InChI=1S/C10H10Cl3N5O2/c11-5-4-6(17-8(14)16-5)18(3-15-4)7-9(1-19,2-20)10(7,12)13/h3,7,19-20H,1-2H2,(H2,14,16,17). The van der Waals surface area contributed by atoms with E-state index < -0.39 is 15.8 Å². The van der Waals surface area contributed by atoms with Crippen LogP contribution in [0.2, 0.25) is 5.15 Å². The molecule has 0 aromatic carbocycles. The van der Waals surface area contributed by atoms with Crippen LogP contribution in [0.4, 0.5) is 5.95 Å². The van der Waals surface area contributed by atoms with Gasteiger partial charge >= 0.3 is 0 Å². The van der Waals surface area contributed by atoms with Gasteiger partial charge < -0.3 is 20.5 Å². The predicted octanol–water partition coefficient (Wildman–Crippen LogP) is 0.761. The van der Waals surface area contributed by atoms with Gasteiger partial charge in [0.25, 0.3) is 0 Å². The van der Waals surface area contributed by atoms with Crippen LogP contribution >= 0.6 is 34.8 Å². The summed E-state index contributed by atoms with van der Waals surface area (Å²) in [4.78, 5) is 11.9. The maximum Gasteiger partial charge on any atom is 0.223 e. The second-order valence-corrected chi connectivity index (χ2v) is 6.44. The molecule has 0 saturated heterocycles. The quantitative estimate of drug-likeness (QED) is 0.563. The number of nitrogen functional groups attached to an aromatic ring is 1. The van der Waals surface area contributed by atoms with E-state index in [1.165, 1.54) is 6.33 Å². The first-order chi connectivity index (χ1) is 9.39. The summed E-state index contributed by atoms with van der Waals surface area (Å²) < 4.78 is 0.210. The van der Waals surface area contributed by atoms with Crippen molar-refractivity contribution >= 4 is 51.9 Å². The van der Waals surface area contributed by atoms with E-state index in [1.54, 1.807) is 4.57 Å². The number of nitrogens with zero attached hydrogens (tertiary/aromatic N) is 4. The Morgan fingerprint density at radius 3 is 2.50 bits per heavy atom. The Hall–Kier alpha value is -0.860. The average Bonchev–Trinajstić information content (AvgIpc) is 2.68. The molecule has 10 heteroatoms. The van der Waals surface area contributed by atoms with Gasteiger partial charge in [-0.1, -0.05) is 34.8 Å². The van der Waals surface area contributed by atoms with E-state index in [1.807, 2.05) is 0 Å². The maximum atomic E-state index is 9.50. The minimum Gasteiger partial charge on any atom is -0.396 e. The van der Waals surface area contributed by atoms with Gasteiger partial charge in [0.15, 0.2) is 15.1 Å². The van der Waals surface area contributed by atoms with Gasteiger partial charge in [0.05, 0.1) is 31.0 Å². The molecule has 0 radical (unpaired) electrons. The summed E-state index contributed by atoms with van der Waals surface area (Å²) in [6, 6.07) is -0.594. The SMILES string of the molecule is Nc1nc(Cl)c2ncn(C3C(Cl)(Cl)C3(CO)CO)c2n1. The summed E-state index contributed by atoms with van der Waals surface area (Å²) in [6.07, 6.45) is 1.43. The highest BCUT2D eigenvalue weighted by molar-refractivity contribution is 6.52. The Balaban J connectivity index is 2.18. The van der Waals surface area contributed by atoms with Gasteiger partial charge in [0.2, 0.25) is 5.95 Å². The van der Waals surface area contributed by atoms with E-state index in [0.29, 0.717) is 11.2 Å². The summed E-state index contributed by atoms with van der Waals surface area (Å²) in [5, 5.41) is 19.1. The van der Waals surface area contributed by atoms with Crippen molar-refractivity contribution in [3.8, 4) is 0 Å². The molecule has 0 amide bonds. The van der Waals surface area contributed by atoms with Crippen molar-refractivity contribution in [2.24, 2.45) is 5.41 Å². The molecule has 20 heavy (non-hydrogen) atoms. The topological polar surface area (TPSA) is 110 Å². The first-order valence-electron chi connectivity index (χ1n) is 5.64. The number of fused-ring (bicyclic) bond motifs is 1. The fourth-order valence-corrected chi connectivity index (χ4v) is 3.63. The van der Waals surface area contributed by atoms with Gasteiger partial charge in [0.1, 0.15) is 5.52 Å². The lowest BCUT2D eigenvalue weighted by atomic mass is 10.1. The Bertz CT molecular complexity index is 685. The lowest BCUT2D eigenvalue weighted by Crippen LogP contribution is -2.20. The third-order valence-electron chi connectivity index (χ3n) is 3.69. The lowest BCUT2D eigenvalue weighted by molar-refractivity contribution is 0.121. The second-order valence-electron chi connectivity index (χ2n) is 4.69. The first kappa shape index (κ1) is 14.1. The Labute approximate surface area is 128 Å². The number of imidazole rings is 1. The number of aromatic nitrogens is 4. The van der Waals surface area contributed by atoms with E-state index in [2.05, 4.69) is 15.0 Å². The van der Waals surface area contributed by atoms with Crippen LogP contribution in [0.15, 0.2) is 6.33 Å². The van der Waals surface area contributed by atoms with Crippen LogP contribution in [0.25, 0.3) is 11.2 Å². The highest BCUT2D eigenvalue weighted by Gasteiger charge is 2.77. The molecule has 2 aromatic heterocycles. The van der Waals surface area contributed by atoms with Crippen molar-refractivity contribution in [1.29, 1.82) is 0 Å². The van der Waals surface area contributed by atoms with Crippen LogP contribution in [-0.4, -0.2) is 47.3 Å². The van der Waals surface area contributed by atoms with E-state index in [0.717, 1.165) is 0 Å². The molecule has 0 bridgehead atoms. The number of hydrogen-bond donors (Lipinski definition) is 3. The lowest BCUT2D eigenvalue weighted by Gasteiger charge is -2.10. The zero-order chi connectivity index (χ0) is 14.7. The highest BCUT2D eigenvalue weighted by atomic mass is 35.5. The van der Waals surface area contributed by atoms with Crippen molar-refractivity contribution in [2.75, 3.05) is 18.9 Å². The molecule has 3 rings (SSSR count). The van der Waals surface area contributed by atoms with Gasteiger partial charge in [-0.2, -0.15) is 9.97 Å². The van der Waals surface area contributed by atoms with Crippen LogP contribution in [0.3, 0.4) is 0 Å². The third kappa shape index (κ3) is 1.58. The van der Waals surface area contributed by atoms with Gasteiger partial charge in [-0.15, -0.1) is 0 Å². The summed E-state index contributed by atoms with van der Waals surface area (Å²) in [6.45, 7) is -0.760. The van der Waals surface area contributed by atoms with E-state index in [-0.39, 0.29) is 24.3 Å². The number of aliphatic hydroxyl groups is 2. The molecule has 1 atom stereocenters. The van der Waals surface area contributed by atoms with Gasteiger partial charge in [-0.25, -0.2) is 4.98 Å². The van der Waals surface area contributed by atoms with Crippen molar-refractivity contribution in [3.05, 3.63) is 11.5 Å². The number of anilines is 1. The maximum absolute atomic E-state index is 9.50. The number of rotatable bonds is 3. The number of hydrogen-bond acceptors (Lipinski definition) is 6. The molecule has 0 aliphatic heterocycles. The first-order valence-corrected chi connectivity index (χ1v) is 6.77. The number of halogens is 3. The fourth-order valence-electron chi connectivity index (χ4n) is 2.45. The molecule has 1 aliphatic carbocycles. The fraction of sp³-hybridized carbons (Fsp3) is 0.500. The molecular formula is C10H10Cl3N5O2. The number of alkyl halides is 2. The van der Waals surface area contributed by atoms with E-state index in [9.17, 15) is 10.2 Å². The Morgan fingerprint density at radius 1 is 1.30 bits per heavy atom. The Morgan fingerprint density at radius 2 is 1.95 bits per heavy atom. The summed E-state index contributed by atoms with van der Waals surface area (Å²) in [5.74, 6) is -0.0155. The van der Waals surface area contributed by atoms with Crippen molar-refractivity contribution in [2.45, 2.75) is 10.4 Å². The molecule has 1 saturated carbocycles. The molecule has 2 heterocycles. The predicted molar refractivity (Wildman–Crippen MR) is 74.8 cm³/mol. The van der Waals surface area contributed by atoms with Crippen molar-refractivity contribution in [1.82, 2.24) is 19.5 Å². The third-order valence-corrected chi connectivity index (χ3v) is 5.12. The molecule has 1 aliphatic rings. The second kappa shape index (κ2) is 4.32. The zero-order valence-electron chi connectivity index (χ0n) is 9.96. The monoisotopic (exact) mass is 337 g/mol. The minimum absolute atomic E-state index is 0.0155. The molecule has 4 N–H and O–H groups in total. The summed E-state index contributed by atoms with van der Waals surface area (Å²) in [5.41, 5.74) is 5.19. The normalized spacial score (nSPS) is 23.1. The molecule has 0 spiro atoms. The zero-order valence-corrected chi connectivity index (χ0v) is 12.2. The van der Waals surface area contributed by atoms with Crippen LogP contribution in [0, 0.1) is 5.41 Å². The average molecular weight is 339 g/mol. The molecular weight excluding hydrogens is 329 g/mol. The molecule has 2 aromatic rings. The molecule has 108 valence electrons. The van der Waals surface area contributed by atoms with Crippen LogP contribution < -0.4 is 5.73 Å². The smallest absolute Gasteiger partial charge is 0.223 e. The van der Waals surface area contributed by atoms with Crippen molar-refractivity contribution < 1.29 is 10.2 Å². The molecule has 1 fully saturated rings. The summed E-state index contributed by atoms with van der Waals surface area (Å²) in [7, 11) is 0. The van der Waals surface area contributed by atoms with Gasteiger partial charge in [-0.3, -0.25) is 0 Å². The number of aliphatic hydroxyl groups excluding tert-OH is 2. The largest absolute Gasteiger partial charge is 0.396 e. The van der Waals surface area contributed by atoms with Crippen LogP contribution in [0.1, 0.15) is 6.04 Å². The van der Waals surface area contributed by atoms with E-state index in [4.69, 9.17) is 40.5 Å². The highest BCUT2D eigenvalue weighted by Crippen LogP contribution is 2.71. The van der Waals surface area contributed by atoms with Gasteiger partial charge in [-0.05, 0) is 0 Å². The Kier molecular flexibility index (Phi) is 3.04. The number of nitrogens with two attached hydrogens (primary N) is 1. The van der Waals surface area contributed by atoms with Crippen LogP contribution in [-0.2, 0) is 0 Å². The van der Waals surface area contributed by atoms with Crippen LogP contribution in [0.5, 0.6) is 0 Å².